The number of hydrogen-bond acceptors (Lipinski definition) is 3. The summed E-state index contributed by atoms with van der Waals surface area (Å²) >= 11 is 1.86. The Balaban J connectivity index is 1.96. The smallest absolute Gasteiger partial charge is 0.0638 e. The van der Waals surface area contributed by atoms with E-state index in [0.717, 1.165) is 12.2 Å². The van der Waals surface area contributed by atoms with Crippen molar-refractivity contribution in [3.63, 3.8) is 0 Å². The minimum atomic E-state index is 0.397. The Kier molecular flexibility index (Phi) is 3.64. The van der Waals surface area contributed by atoms with Gasteiger partial charge in [0.1, 0.15) is 0 Å². The second-order valence-corrected chi connectivity index (χ2v) is 5.78. The van der Waals surface area contributed by atoms with Crippen LogP contribution >= 0.6 is 11.3 Å². The van der Waals surface area contributed by atoms with Crippen molar-refractivity contribution < 1.29 is 0 Å². The molecule has 2 heterocycles. The van der Waals surface area contributed by atoms with Crippen LogP contribution < -0.4 is 5.32 Å². The molecule has 0 saturated heterocycles. The molecule has 2 aromatic heterocycles. The monoisotopic (exact) mass is 249 g/mol. The second kappa shape index (κ2) is 5.02. The van der Waals surface area contributed by atoms with Gasteiger partial charge in [-0.1, -0.05) is 0 Å². The highest BCUT2D eigenvalue weighted by Gasteiger charge is 2.09. The van der Waals surface area contributed by atoms with E-state index in [1.165, 1.54) is 15.3 Å². The summed E-state index contributed by atoms with van der Waals surface area (Å²) in [6.07, 6.45) is 2.08. The first-order valence-electron chi connectivity index (χ1n) is 5.85. The highest BCUT2D eigenvalue weighted by Crippen LogP contribution is 2.22. The number of hydrogen-bond donors (Lipinski definition) is 1. The maximum Gasteiger partial charge on any atom is 0.0638 e. The molecule has 1 atom stereocenters. The first-order chi connectivity index (χ1) is 8.06. The van der Waals surface area contributed by atoms with Crippen molar-refractivity contribution in [1.82, 2.24) is 15.1 Å². The fraction of sp³-hybridized carbons (Fsp3) is 0.462. The fourth-order valence-electron chi connectivity index (χ4n) is 1.87. The van der Waals surface area contributed by atoms with Gasteiger partial charge in [-0.05, 0) is 32.9 Å². The van der Waals surface area contributed by atoms with Gasteiger partial charge in [0.25, 0.3) is 0 Å². The molecular weight excluding hydrogens is 230 g/mol. The van der Waals surface area contributed by atoms with Crippen LogP contribution in [0, 0.1) is 13.8 Å². The highest BCUT2D eigenvalue weighted by atomic mass is 32.1. The van der Waals surface area contributed by atoms with Crippen LogP contribution in [0.5, 0.6) is 0 Å². The Morgan fingerprint density at radius 1 is 1.41 bits per heavy atom. The molecule has 92 valence electrons. The zero-order valence-corrected chi connectivity index (χ0v) is 11.6. The molecule has 2 aromatic rings. The van der Waals surface area contributed by atoms with E-state index >= 15 is 0 Å². The van der Waals surface area contributed by atoms with E-state index in [1.807, 2.05) is 23.1 Å². The van der Waals surface area contributed by atoms with E-state index in [0.29, 0.717) is 6.04 Å². The van der Waals surface area contributed by atoms with E-state index in [-0.39, 0.29) is 0 Å². The van der Waals surface area contributed by atoms with Gasteiger partial charge in [0.15, 0.2) is 0 Å². The molecule has 17 heavy (non-hydrogen) atoms. The molecule has 0 bridgehead atoms. The Labute approximate surface area is 106 Å². The van der Waals surface area contributed by atoms with Gasteiger partial charge in [-0.15, -0.1) is 11.3 Å². The van der Waals surface area contributed by atoms with Gasteiger partial charge < -0.3 is 5.32 Å². The molecule has 1 unspecified atom stereocenters. The van der Waals surface area contributed by atoms with Crippen LogP contribution in [0.3, 0.4) is 0 Å². The van der Waals surface area contributed by atoms with Gasteiger partial charge in [0.2, 0.25) is 0 Å². The minimum Gasteiger partial charge on any atom is -0.305 e. The van der Waals surface area contributed by atoms with Crippen LogP contribution in [0.4, 0.5) is 0 Å². The number of rotatable bonds is 4. The quantitative estimate of drug-likeness (QED) is 0.903. The molecule has 0 aliphatic carbocycles. The molecule has 0 radical (unpaired) electrons. The molecule has 0 spiro atoms. The topological polar surface area (TPSA) is 29.9 Å². The Hall–Kier alpha value is -1.13. The fourth-order valence-corrected chi connectivity index (χ4v) is 2.78. The van der Waals surface area contributed by atoms with E-state index in [9.17, 15) is 0 Å². The van der Waals surface area contributed by atoms with Crippen molar-refractivity contribution in [3.8, 4) is 0 Å². The number of aromatic nitrogens is 2. The van der Waals surface area contributed by atoms with E-state index in [4.69, 9.17) is 0 Å². The predicted octanol–water partition coefficient (Wildman–Crippen LogP) is 2.95. The van der Waals surface area contributed by atoms with Crippen LogP contribution in [0.15, 0.2) is 18.3 Å². The lowest BCUT2D eigenvalue weighted by molar-refractivity contribution is 0.581. The van der Waals surface area contributed by atoms with Gasteiger partial charge in [-0.2, -0.15) is 5.10 Å². The largest absolute Gasteiger partial charge is 0.305 e. The van der Waals surface area contributed by atoms with Crippen LogP contribution in [0.2, 0.25) is 0 Å². The van der Waals surface area contributed by atoms with Gasteiger partial charge in [-0.25, -0.2) is 0 Å². The van der Waals surface area contributed by atoms with Crippen LogP contribution in [-0.2, 0) is 13.6 Å². The molecule has 0 aliphatic heterocycles. The summed E-state index contributed by atoms with van der Waals surface area (Å²) in [7, 11) is 1.96. The molecule has 0 aliphatic rings. The summed E-state index contributed by atoms with van der Waals surface area (Å²) in [6.45, 7) is 7.28. The van der Waals surface area contributed by atoms with Crippen molar-refractivity contribution in [3.05, 3.63) is 39.3 Å². The molecule has 1 N–H and O–H groups in total. The van der Waals surface area contributed by atoms with Gasteiger partial charge in [0.05, 0.1) is 5.69 Å². The molecule has 3 nitrogen and oxygen atoms in total. The molecular formula is C13H19N3S. The van der Waals surface area contributed by atoms with E-state index in [1.54, 1.807) is 0 Å². The van der Waals surface area contributed by atoms with E-state index < -0.39 is 0 Å². The summed E-state index contributed by atoms with van der Waals surface area (Å²) in [5, 5.41) is 7.88. The predicted molar refractivity (Wildman–Crippen MR) is 72.3 cm³/mol. The first kappa shape index (κ1) is 12.3. The SMILES string of the molecule is Cc1ccc(C(C)NCc2cn(C)nc2C)s1. The zero-order valence-electron chi connectivity index (χ0n) is 10.8. The minimum absolute atomic E-state index is 0.397. The van der Waals surface area contributed by atoms with Crippen molar-refractivity contribution in [2.24, 2.45) is 7.05 Å². The normalized spacial score (nSPS) is 12.9. The standard InChI is InChI=1S/C13H19N3S/c1-9-5-6-13(17-9)11(3)14-7-12-8-16(4)15-10(12)2/h5-6,8,11,14H,7H2,1-4H3. The molecule has 2 rings (SSSR count). The third-order valence-electron chi connectivity index (χ3n) is 2.90. The molecule has 0 fully saturated rings. The van der Waals surface area contributed by atoms with Crippen molar-refractivity contribution in [2.45, 2.75) is 33.4 Å². The van der Waals surface area contributed by atoms with Gasteiger partial charge in [-0.3, -0.25) is 4.68 Å². The lowest BCUT2D eigenvalue weighted by Crippen LogP contribution is -2.17. The molecule has 0 amide bonds. The van der Waals surface area contributed by atoms with Gasteiger partial charge in [0, 0.05) is 41.1 Å². The third-order valence-corrected chi connectivity index (χ3v) is 4.09. The average molecular weight is 249 g/mol. The van der Waals surface area contributed by atoms with Crippen molar-refractivity contribution in [1.29, 1.82) is 0 Å². The summed E-state index contributed by atoms with van der Waals surface area (Å²) in [6, 6.07) is 4.77. The Bertz CT molecular complexity index is 498. The van der Waals surface area contributed by atoms with Crippen molar-refractivity contribution >= 4 is 11.3 Å². The van der Waals surface area contributed by atoms with E-state index in [2.05, 4.69) is 49.5 Å². The van der Waals surface area contributed by atoms with Crippen LogP contribution in [0.1, 0.15) is 34.0 Å². The number of nitrogens with one attached hydrogen (secondary N) is 1. The lowest BCUT2D eigenvalue weighted by atomic mass is 10.2. The molecule has 4 heteroatoms. The molecule has 0 saturated carbocycles. The number of thiophene rings is 1. The third kappa shape index (κ3) is 2.96. The van der Waals surface area contributed by atoms with Crippen molar-refractivity contribution in [2.75, 3.05) is 0 Å². The summed E-state index contributed by atoms with van der Waals surface area (Å²) < 4.78 is 1.87. The Morgan fingerprint density at radius 2 is 2.18 bits per heavy atom. The summed E-state index contributed by atoms with van der Waals surface area (Å²) in [5.41, 5.74) is 2.38. The number of nitrogens with zero attached hydrogens (tertiary/aromatic N) is 2. The lowest BCUT2D eigenvalue weighted by Gasteiger charge is -2.11. The molecule has 0 aromatic carbocycles. The second-order valence-electron chi connectivity index (χ2n) is 4.46. The summed E-state index contributed by atoms with van der Waals surface area (Å²) in [5.74, 6) is 0. The number of aryl methyl sites for hydroxylation is 3. The average Bonchev–Trinajstić information content (AvgIpc) is 2.82. The zero-order chi connectivity index (χ0) is 12.4. The van der Waals surface area contributed by atoms with Crippen LogP contribution in [-0.4, -0.2) is 9.78 Å². The van der Waals surface area contributed by atoms with Crippen LogP contribution in [0.25, 0.3) is 0 Å². The maximum atomic E-state index is 4.35. The maximum absolute atomic E-state index is 4.35. The van der Waals surface area contributed by atoms with Gasteiger partial charge >= 0.3 is 0 Å². The highest BCUT2D eigenvalue weighted by molar-refractivity contribution is 7.12. The Morgan fingerprint density at radius 3 is 2.71 bits per heavy atom. The first-order valence-corrected chi connectivity index (χ1v) is 6.66. The summed E-state index contributed by atoms with van der Waals surface area (Å²) in [4.78, 5) is 2.76.